The number of anilines is 2. The van der Waals surface area contributed by atoms with E-state index in [1.165, 1.54) is 5.39 Å². The van der Waals surface area contributed by atoms with Crippen LogP contribution < -0.4 is 10.6 Å². The molecule has 0 aliphatic rings. The Hall–Kier alpha value is -3.28. The van der Waals surface area contributed by atoms with Crippen molar-refractivity contribution < 1.29 is 0 Å². The highest BCUT2D eigenvalue weighted by atomic mass is 35.5. The molecular weight excluding hydrogens is 453 g/mol. The van der Waals surface area contributed by atoms with Gasteiger partial charge in [-0.3, -0.25) is 0 Å². The third kappa shape index (κ3) is 4.90. The highest BCUT2D eigenvalue weighted by molar-refractivity contribution is 6.36. The molecule has 7 heteroatoms. The van der Waals surface area contributed by atoms with Gasteiger partial charge in [0.2, 0.25) is 0 Å². The van der Waals surface area contributed by atoms with Gasteiger partial charge in [0.15, 0.2) is 5.82 Å². The summed E-state index contributed by atoms with van der Waals surface area (Å²) in [6.07, 6.45) is 2.03. The zero-order valence-corrected chi connectivity index (χ0v) is 19.4. The predicted molar refractivity (Wildman–Crippen MR) is 140 cm³/mol. The van der Waals surface area contributed by atoms with Crippen LogP contribution in [0, 0.1) is 0 Å². The average Bonchev–Trinajstić information content (AvgIpc) is 3.24. The fourth-order valence-electron chi connectivity index (χ4n) is 3.85. The first-order valence-electron chi connectivity index (χ1n) is 10.9. The van der Waals surface area contributed by atoms with E-state index < -0.39 is 0 Å². The van der Waals surface area contributed by atoms with E-state index in [1.807, 2.05) is 36.4 Å². The molecule has 0 spiro atoms. The maximum atomic E-state index is 6.41. The first-order valence-corrected chi connectivity index (χ1v) is 11.7. The van der Waals surface area contributed by atoms with Crippen LogP contribution in [-0.2, 0) is 0 Å². The molecule has 0 saturated carbocycles. The summed E-state index contributed by atoms with van der Waals surface area (Å²) in [6, 6.07) is 23.8. The van der Waals surface area contributed by atoms with Gasteiger partial charge in [-0.15, -0.1) is 0 Å². The van der Waals surface area contributed by atoms with Gasteiger partial charge < -0.3 is 15.6 Å². The van der Waals surface area contributed by atoms with Crippen LogP contribution in [-0.4, -0.2) is 28.0 Å². The molecule has 0 bridgehead atoms. The van der Waals surface area contributed by atoms with Crippen LogP contribution in [0.25, 0.3) is 33.2 Å². The number of nitrogens with zero attached hydrogens (tertiary/aromatic N) is 2. The highest BCUT2D eigenvalue weighted by Crippen LogP contribution is 2.31. The van der Waals surface area contributed by atoms with Gasteiger partial charge in [0, 0.05) is 40.0 Å². The van der Waals surface area contributed by atoms with Crippen molar-refractivity contribution in [2.75, 3.05) is 23.7 Å². The molecule has 2 heterocycles. The average molecular weight is 476 g/mol. The van der Waals surface area contributed by atoms with E-state index in [0.29, 0.717) is 15.9 Å². The Kier molecular flexibility index (Phi) is 6.33. The Bertz CT molecular complexity index is 1380. The monoisotopic (exact) mass is 475 g/mol. The summed E-state index contributed by atoms with van der Waals surface area (Å²) >= 11 is 12.5. The molecular formula is C26H23Cl2N5. The number of aromatic nitrogens is 3. The molecule has 0 fully saturated rings. The summed E-state index contributed by atoms with van der Waals surface area (Å²) in [5.41, 5.74) is 2.78. The van der Waals surface area contributed by atoms with Crippen LogP contribution >= 0.6 is 23.2 Å². The third-order valence-electron chi connectivity index (χ3n) is 5.52. The molecule has 0 saturated heterocycles. The van der Waals surface area contributed by atoms with Crippen molar-refractivity contribution in [3.8, 4) is 11.4 Å². The second-order valence-corrected chi connectivity index (χ2v) is 8.71. The number of fused-ring (bicyclic) bond motifs is 2. The summed E-state index contributed by atoms with van der Waals surface area (Å²) < 4.78 is 0. The van der Waals surface area contributed by atoms with Gasteiger partial charge in [-0.05, 0) is 55.3 Å². The van der Waals surface area contributed by atoms with Crippen molar-refractivity contribution in [3.05, 3.63) is 82.8 Å². The summed E-state index contributed by atoms with van der Waals surface area (Å²) in [6.45, 7) is 1.70. The quantitative estimate of drug-likeness (QED) is 0.204. The third-order valence-corrected chi connectivity index (χ3v) is 6.06. The molecule has 5 aromatic rings. The molecule has 0 aliphatic heterocycles. The van der Waals surface area contributed by atoms with E-state index in [4.69, 9.17) is 33.2 Å². The van der Waals surface area contributed by atoms with Gasteiger partial charge in [-0.1, -0.05) is 53.5 Å². The SMILES string of the molecule is Clc1ccc(-c2nc(NCCCCNc3cc4ccccc4[nH]3)c3ccccc3n2)c(Cl)c1. The lowest BCUT2D eigenvalue weighted by Gasteiger charge is -2.12. The summed E-state index contributed by atoms with van der Waals surface area (Å²) in [7, 11) is 0. The molecule has 0 aliphatic carbocycles. The number of hydrogen-bond donors (Lipinski definition) is 3. The topological polar surface area (TPSA) is 65.6 Å². The van der Waals surface area contributed by atoms with E-state index in [0.717, 1.165) is 59.5 Å². The maximum Gasteiger partial charge on any atom is 0.163 e. The number of para-hydroxylation sites is 2. The molecule has 0 radical (unpaired) electrons. The first kappa shape index (κ1) is 21.6. The molecule has 5 rings (SSSR count). The van der Waals surface area contributed by atoms with Gasteiger partial charge in [-0.2, -0.15) is 0 Å². The van der Waals surface area contributed by atoms with Gasteiger partial charge >= 0.3 is 0 Å². The number of aromatic amines is 1. The van der Waals surface area contributed by atoms with Crippen molar-refractivity contribution in [3.63, 3.8) is 0 Å². The van der Waals surface area contributed by atoms with Crippen molar-refractivity contribution >= 4 is 56.6 Å². The second kappa shape index (κ2) is 9.69. The number of hydrogen-bond acceptors (Lipinski definition) is 4. The zero-order valence-electron chi connectivity index (χ0n) is 17.9. The highest BCUT2D eigenvalue weighted by Gasteiger charge is 2.12. The Morgan fingerprint density at radius 2 is 1.58 bits per heavy atom. The molecule has 3 N–H and O–H groups in total. The standard InChI is InChI=1S/C26H23Cl2N5/c27-18-11-12-19(21(28)16-18)26-32-23-10-4-2-8-20(23)25(33-26)30-14-6-5-13-29-24-15-17-7-1-3-9-22(17)31-24/h1-4,7-12,15-16,29,31H,5-6,13-14H2,(H,30,32,33). The van der Waals surface area contributed by atoms with E-state index in [9.17, 15) is 0 Å². The normalized spacial score (nSPS) is 11.2. The van der Waals surface area contributed by atoms with Crippen LogP contribution in [0.3, 0.4) is 0 Å². The number of unbranched alkanes of at least 4 members (excludes halogenated alkanes) is 1. The molecule has 166 valence electrons. The Morgan fingerprint density at radius 1 is 0.788 bits per heavy atom. The van der Waals surface area contributed by atoms with Crippen LogP contribution in [0.5, 0.6) is 0 Å². The number of halogens is 2. The number of benzene rings is 3. The van der Waals surface area contributed by atoms with Gasteiger partial charge in [-0.25, -0.2) is 9.97 Å². The van der Waals surface area contributed by atoms with Crippen molar-refractivity contribution in [1.29, 1.82) is 0 Å². The first-order chi connectivity index (χ1) is 16.2. The fourth-order valence-corrected chi connectivity index (χ4v) is 4.34. The lowest BCUT2D eigenvalue weighted by molar-refractivity contribution is 0.792. The van der Waals surface area contributed by atoms with Crippen molar-refractivity contribution in [1.82, 2.24) is 15.0 Å². The maximum absolute atomic E-state index is 6.41. The molecule has 0 atom stereocenters. The van der Waals surface area contributed by atoms with Crippen LogP contribution in [0.4, 0.5) is 11.6 Å². The summed E-state index contributed by atoms with van der Waals surface area (Å²) in [5.74, 6) is 2.44. The Labute approximate surface area is 202 Å². The largest absolute Gasteiger partial charge is 0.372 e. The lowest BCUT2D eigenvalue weighted by Crippen LogP contribution is -2.08. The minimum atomic E-state index is 0.534. The zero-order chi connectivity index (χ0) is 22.6. The lowest BCUT2D eigenvalue weighted by atomic mass is 10.1. The molecule has 33 heavy (non-hydrogen) atoms. The molecule has 3 aromatic carbocycles. The van der Waals surface area contributed by atoms with Gasteiger partial charge in [0.1, 0.15) is 11.6 Å². The Balaban J connectivity index is 1.23. The summed E-state index contributed by atoms with van der Waals surface area (Å²) in [5, 5.41) is 10.3. The fraction of sp³-hybridized carbons (Fsp3) is 0.154. The molecule has 5 nitrogen and oxygen atoms in total. The predicted octanol–water partition coefficient (Wildman–Crippen LogP) is 7.39. The van der Waals surface area contributed by atoms with Crippen molar-refractivity contribution in [2.24, 2.45) is 0 Å². The minimum Gasteiger partial charge on any atom is -0.372 e. The van der Waals surface area contributed by atoms with Gasteiger partial charge in [0.05, 0.1) is 10.5 Å². The van der Waals surface area contributed by atoms with E-state index >= 15 is 0 Å². The summed E-state index contributed by atoms with van der Waals surface area (Å²) in [4.78, 5) is 12.9. The van der Waals surface area contributed by atoms with Crippen molar-refractivity contribution in [2.45, 2.75) is 12.8 Å². The van der Waals surface area contributed by atoms with Gasteiger partial charge in [0.25, 0.3) is 0 Å². The number of H-pyrrole nitrogens is 1. The van der Waals surface area contributed by atoms with E-state index in [2.05, 4.69) is 39.9 Å². The van der Waals surface area contributed by atoms with Crippen LogP contribution in [0.15, 0.2) is 72.8 Å². The van der Waals surface area contributed by atoms with E-state index in [-0.39, 0.29) is 0 Å². The Morgan fingerprint density at radius 3 is 2.42 bits per heavy atom. The molecule has 0 amide bonds. The van der Waals surface area contributed by atoms with Crippen LogP contribution in [0.1, 0.15) is 12.8 Å². The van der Waals surface area contributed by atoms with E-state index in [1.54, 1.807) is 12.1 Å². The molecule has 0 unspecified atom stereocenters. The second-order valence-electron chi connectivity index (χ2n) is 7.87. The molecule has 2 aromatic heterocycles. The number of rotatable bonds is 8. The number of nitrogens with one attached hydrogen (secondary N) is 3. The minimum absolute atomic E-state index is 0.534. The smallest absolute Gasteiger partial charge is 0.163 e. The van der Waals surface area contributed by atoms with Crippen LogP contribution in [0.2, 0.25) is 10.0 Å².